The molecule has 4 aromatic rings. The molecular weight excluding hydrogens is 504 g/mol. The van der Waals surface area contributed by atoms with E-state index in [0.717, 1.165) is 27.6 Å². The zero-order chi connectivity index (χ0) is 27.5. The Labute approximate surface area is 236 Å². The molecule has 0 unspecified atom stereocenters. The van der Waals surface area contributed by atoms with E-state index in [1.54, 1.807) is 11.3 Å². The summed E-state index contributed by atoms with van der Waals surface area (Å²) >= 11 is 1.55. The minimum absolute atomic E-state index is 0.0311. The predicted octanol–water partition coefficient (Wildman–Crippen LogP) is 8.16. The minimum Gasteiger partial charge on any atom is -0.489 e. The van der Waals surface area contributed by atoms with Crippen LogP contribution < -0.4 is 4.74 Å². The van der Waals surface area contributed by atoms with Crippen molar-refractivity contribution >= 4 is 17.3 Å². The Bertz CT molecular complexity index is 1280. The van der Waals surface area contributed by atoms with Crippen LogP contribution in [0.3, 0.4) is 0 Å². The Morgan fingerprint density at radius 2 is 1.59 bits per heavy atom. The summed E-state index contributed by atoms with van der Waals surface area (Å²) in [6.45, 7) is 6.07. The smallest absolute Gasteiger partial charge is 0.317 e. The molecule has 0 atom stereocenters. The second-order valence-electron chi connectivity index (χ2n) is 9.98. The van der Waals surface area contributed by atoms with E-state index in [-0.39, 0.29) is 6.54 Å². The first-order valence-electron chi connectivity index (χ1n) is 13.8. The molecule has 5 nitrogen and oxygen atoms in total. The number of hydrogen-bond donors (Lipinski definition) is 1. The summed E-state index contributed by atoms with van der Waals surface area (Å²) in [6, 6.07) is 26.8. The maximum Gasteiger partial charge on any atom is 0.317 e. The molecule has 3 aromatic carbocycles. The van der Waals surface area contributed by atoms with Crippen molar-refractivity contribution < 1.29 is 14.6 Å². The number of thiazole rings is 1. The summed E-state index contributed by atoms with van der Waals surface area (Å²) in [5.74, 6) is 0.632. The maximum atomic E-state index is 11.4. The van der Waals surface area contributed by atoms with Gasteiger partial charge >= 0.3 is 5.97 Å². The fourth-order valence-electron chi connectivity index (χ4n) is 4.86. The second-order valence-corrected chi connectivity index (χ2v) is 10.9. The number of rotatable bonds is 15. The lowest BCUT2D eigenvalue weighted by molar-refractivity contribution is -0.138. The zero-order valence-corrected chi connectivity index (χ0v) is 23.7. The molecule has 0 aliphatic carbocycles. The summed E-state index contributed by atoms with van der Waals surface area (Å²) in [5, 5.41) is 12.3. The SMILES string of the molecule is CCCC(CCC)c1ccc(COc2ccc(-c3csc(CN(CC(=O)O)Cc4ccccc4)n3)cc2)cc1. The molecule has 0 saturated heterocycles. The molecule has 204 valence electrons. The van der Waals surface area contributed by atoms with Crippen molar-refractivity contribution in [1.29, 1.82) is 0 Å². The molecule has 6 heteroatoms. The first-order chi connectivity index (χ1) is 19.0. The van der Waals surface area contributed by atoms with Crippen LogP contribution in [0.15, 0.2) is 84.2 Å². The Balaban J connectivity index is 1.33. The van der Waals surface area contributed by atoms with Gasteiger partial charge in [-0.3, -0.25) is 9.69 Å². The summed E-state index contributed by atoms with van der Waals surface area (Å²) in [7, 11) is 0. The number of aromatic nitrogens is 1. The van der Waals surface area contributed by atoms with Crippen LogP contribution in [0.4, 0.5) is 0 Å². The van der Waals surface area contributed by atoms with Crippen LogP contribution in [0.1, 0.15) is 67.1 Å². The third-order valence-electron chi connectivity index (χ3n) is 6.80. The Kier molecular flexibility index (Phi) is 10.7. The highest BCUT2D eigenvalue weighted by atomic mass is 32.1. The molecular formula is C33H38N2O3S. The highest BCUT2D eigenvalue weighted by Crippen LogP contribution is 2.28. The van der Waals surface area contributed by atoms with E-state index in [0.29, 0.717) is 25.6 Å². The van der Waals surface area contributed by atoms with E-state index < -0.39 is 5.97 Å². The van der Waals surface area contributed by atoms with Gasteiger partial charge in [0.05, 0.1) is 18.8 Å². The third-order valence-corrected chi connectivity index (χ3v) is 7.63. The van der Waals surface area contributed by atoms with E-state index in [1.807, 2.05) is 64.9 Å². The van der Waals surface area contributed by atoms with E-state index in [2.05, 4.69) is 38.1 Å². The molecule has 0 radical (unpaired) electrons. The van der Waals surface area contributed by atoms with Crippen molar-refractivity contribution in [2.24, 2.45) is 0 Å². The van der Waals surface area contributed by atoms with Gasteiger partial charge in [-0.2, -0.15) is 0 Å². The first kappa shape index (κ1) is 28.5. The molecule has 0 fully saturated rings. The van der Waals surface area contributed by atoms with Crippen LogP contribution in [0.5, 0.6) is 5.75 Å². The molecule has 0 spiro atoms. The topological polar surface area (TPSA) is 62.7 Å². The lowest BCUT2D eigenvalue weighted by atomic mass is 9.90. The number of aliphatic carboxylic acids is 1. The standard InChI is InChI=1S/C33H38N2O3S/c1-3-8-27(9-4-2)28-14-12-26(13-15-28)23-38-30-18-16-29(17-19-30)31-24-39-32(34-31)21-35(22-33(36)37)20-25-10-6-5-7-11-25/h5-7,10-19,24,27H,3-4,8-9,20-23H2,1-2H3,(H,36,37). The van der Waals surface area contributed by atoms with E-state index >= 15 is 0 Å². The van der Waals surface area contributed by atoms with Gasteiger partial charge in [-0.05, 0) is 59.7 Å². The van der Waals surface area contributed by atoms with Crippen LogP contribution in [-0.4, -0.2) is 27.5 Å². The number of hydrogen-bond acceptors (Lipinski definition) is 5. The molecule has 1 aromatic heterocycles. The average Bonchev–Trinajstić information content (AvgIpc) is 3.41. The molecule has 0 bridgehead atoms. The van der Waals surface area contributed by atoms with Crippen molar-refractivity contribution in [3.63, 3.8) is 0 Å². The van der Waals surface area contributed by atoms with Crippen molar-refractivity contribution in [2.45, 2.75) is 65.1 Å². The number of ether oxygens (including phenoxy) is 1. The van der Waals surface area contributed by atoms with Crippen molar-refractivity contribution in [3.8, 4) is 17.0 Å². The number of carboxylic acid groups (broad SMARTS) is 1. The van der Waals surface area contributed by atoms with Gasteiger partial charge in [0, 0.05) is 17.5 Å². The third kappa shape index (κ3) is 8.77. The van der Waals surface area contributed by atoms with Gasteiger partial charge in [-0.15, -0.1) is 11.3 Å². The fourth-order valence-corrected chi connectivity index (χ4v) is 5.70. The largest absolute Gasteiger partial charge is 0.489 e. The summed E-state index contributed by atoms with van der Waals surface area (Å²) in [4.78, 5) is 18.1. The number of nitrogens with zero attached hydrogens (tertiary/aromatic N) is 2. The van der Waals surface area contributed by atoms with Gasteiger partial charge < -0.3 is 9.84 Å². The van der Waals surface area contributed by atoms with Crippen LogP contribution in [-0.2, 0) is 24.5 Å². The minimum atomic E-state index is -0.841. The molecule has 0 amide bonds. The molecule has 39 heavy (non-hydrogen) atoms. The van der Waals surface area contributed by atoms with Crippen LogP contribution in [0.25, 0.3) is 11.3 Å². The Morgan fingerprint density at radius 3 is 2.23 bits per heavy atom. The van der Waals surface area contributed by atoms with Crippen molar-refractivity contribution in [1.82, 2.24) is 9.88 Å². The monoisotopic (exact) mass is 542 g/mol. The van der Waals surface area contributed by atoms with Gasteiger partial charge in [0.15, 0.2) is 0 Å². The highest BCUT2D eigenvalue weighted by Gasteiger charge is 2.14. The molecule has 0 saturated carbocycles. The number of carboxylic acids is 1. The van der Waals surface area contributed by atoms with Gasteiger partial charge in [0.25, 0.3) is 0 Å². The Morgan fingerprint density at radius 1 is 0.897 bits per heavy atom. The summed E-state index contributed by atoms with van der Waals surface area (Å²) < 4.78 is 6.05. The zero-order valence-electron chi connectivity index (χ0n) is 22.9. The normalized spacial score (nSPS) is 11.3. The quantitative estimate of drug-likeness (QED) is 0.164. The number of benzene rings is 3. The molecule has 0 aliphatic heterocycles. The predicted molar refractivity (Wildman–Crippen MR) is 159 cm³/mol. The van der Waals surface area contributed by atoms with Gasteiger partial charge in [-0.25, -0.2) is 4.98 Å². The van der Waals surface area contributed by atoms with Crippen molar-refractivity contribution in [2.75, 3.05) is 6.54 Å². The molecule has 1 N–H and O–H groups in total. The summed E-state index contributed by atoms with van der Waals surface area (Å²) in [5.41, 5.74) is 5.58. The second kappa shape index (κ2) is 14.6. The van der Waals surface area contributed by atoms with E-state index in [4.69, 9.17) is 9.72 Å². The van der Waals surface area contributed by atoms with Crippen molar-refractivity contribution in [3.05, 3.63) is 106 Å². The molecule has 0 aliphatic rings. The molecule has 1 heterocycles. The van der Waals surface area contributed by atoms with E-state index in [9.17, 15) is 9.90 Å². The van der Waals surface area contributed by atoms with Gasteiger partial charge in [-0.1, -0.05) is 81.3 Å². The first-order valence-corrected chi connectivity index (χ1v) is 14.7. The lowest BCUT2D eigenvalue weighted by Crippen LogP contribution is -2.28. The van der Waals surface area contributed by atoms with Crippen LogP contribution >= 0.6 is 11.3 Å². The summed E-state index contributed by atoms with van der Waals surface area (Å²) in [6.07, 6.45) is 4.91. The van der Waals surface area contributed by atoms with Crippen LogP contribution in [0, 0.1) is 0 Å². The fraction of sp³-hybridized carbons (Fsp3) is 0.333. The van der Waals surface area contributed by atoms with Crippen LogP contribution in [0.2, 0.25) is 0 Å². The van der Waals surface area contributed by atoms with E-state index in [1.165, 1.54) is 36.8 Å². The highest BCUT2D eigenvalue weighted by molar-refractivity contribution is 7.09. The average molecular weight is 543 g/mol. The molecule has 4 rings (SSSR count). The number of carbonyl (C=O) groups is 1. The lowest BCUT2D eigenvalue weighted by Gasteiger charge is -2.19. The van der Waals surface area contributed by atoms with Gasteiger partial charge in [0.2, 0.25) is 0 Å². The Hall–Kier alpha value is -3.48. The van der Waals surface area contributed by atoms with Gasteiger partial charge in [0.1, 0.15) is 17.4 Å². The maximum absolute atomic E-state index is 11.4.